The molecule has 0 unspecified atom stereocenters. The molecule has 3 aromatic carbocycles. The average Bonchev–Trinajstić information content (AvgIpc) is 2.49. The van der Waals surface area contributed by atoms with E-state index in [2.05, 4.69) is 28.1 Å². The van der Waals surface area contributed by atoms with Gasteiger partial charge in [-0.25, -0.2) is 0 Å². The molecule has 3 aromatic rings. The second kappa shape index (κ2) is 5.84. The van der Waals surface area contributed by atoms with Crippen LogP contribution in [0, 0.1) is 0 Å². The van der Waals surface area contributed by atoms with Crippen LogP contribution in [0.2, 0.25) is 0 Å². The van der Waals surface area contributed by atoms with Crippen molar-refractivity contribution in [1.29, 1.82) is 0 Å². The maximum Gasteiger partial charge on any atom is 0.141 e. The third-order valence-electron chi connectivity index (χ3n) is 3.19. The van der Waals surface area contributed by atoms with E-state index in [1.165, 1.54) is 0 Å². The van der Waals surface area contributed by atoms with E-state index in [0.29, 0.717) is 4.99 Å². The average molecular weight is 358 g/mol. The van der Waals surface area contributed by atoms with E-state index in [0.717, 1.165) is 32.3 Å². The van der Waals surface area contributed by atoms with Gasteiger partial charge in [0, 0.05) is 10.9 Å². The molecule has 0 saturated carbocycles. The molecule has 0 aliphatic heterocycles. The van der Waals surface area contributed by atoms with Crippen LogP contribution in [0.1, 0.15) is 5.56 Å². The van der Waals surface area contributed by atoms with Gasteiger partial charge >= 0.3 is 0 Å². The Balaban J connectivity index is 2.01. The molecular weight excluding hydrogens is 346 g/mol. The van der Waals surface area contributed by atoms with Gasteiger partial charge in [-0.3, -0.25) is 0 Å². The van der Waals surface area contributed by atoms with Crippen LogP contribution in [0.3, 0.4) is 0 Å². The SMILES string of the molecule is NC(=S)c1ccc(Oc2cccc3ccccc23)c(Br)c1. The smallest absolute Gasteiger partial charge is 0.141 e. The Kier molecular flexibility index (Phi) is 3.90. The zero-order valence-corrected chi connectivity index (χ0v) is 13.4. The van der Waals surface area contributed by atoms with Gasteiger partial charge in [-0.05, 0) is 45.6 Å². The van der Waals surface area contributed by atoms with Gasteiger partial charge in [-0.1, -0.05) is 48.6 Å². The van der Waals surface area contributed by atoms with E-state index in [4.69, 9.17) is 22.7 Å². The summed E-state index contributed by atoms with van der Waals surface area (Å²) in [6, 6.07) is 19.7. The summed E-state index contributed by atoms with van der Waals surface area (Å²) in [5, 5.41) is 2.22. The minimum absolute atomic E-state index is 0.368. The van der Waals surface area contributed by atoms with Crippen LogP contribution in [-0.4, -0.2) is 4.99 Å². The van der Waals surface area contributed by atoms with Gasteiger partial charge in [-0.15, -0.1) is 0 Å². The summed E-state index contributed by atoms with van der Waals surface area (Å²) in [6.45, 7) is 0. The monoisotopic (exact) mass is 357 g/mol. The topological polar surface area (TPSA) is 35.2 Å². The van der Waals surface area contributed by atoms with E-state index in [9.17, 15) is 0 Å². The molecule has 2 N–H and O–H groups in total. The molecular formula is C17H12BrNOS. The minimum atomic E-state index is 0.368. The number of hydrogen-bond acceptors (Lipinski definition) is 2. The van der Waals surface area contributed by atoms with E-state index < -0.39 is 0 Å². The molecule has 0 saturated heterocycles. The standard InChI is InChI=1S/C17H12BrNOS/c18-14-10-12(17(19)21)8-9-16(14)20-15-7-3-5-11-4-1-2-6-13(11)15/h1-10H,(H2,19,21). The first-order chi connectivity index (χ1) is 10.1. The van der Waals surface area contributed by atoms with Crippen molar-refractivity contribution in [2.45, 2.75) is 0 Å². The molecule has 0 atom stereocenters. The first-order valence-corrected chi connectivity index (χ1v) is 7.60. The number of benzene rings is 3. The van der Waals surface area contributed by atoms with Crippen molar-refractivity contribution in [3.05, 3.63) is 70.7 Å². The minimum Gasteiger partial charge on any atom is -0.456 e. The summed E-state index contributed by atoms with van der Waals surface area (Å²) >= 11 is 8.47. The van der Waals surface area contributed by atoms with Crippen LogP contribution < -0.4 is 10.5 Å². The first-order valence-electron chi connectivity index (χ1n) is 6.40. The van der Waals surface area contributed by atoms with Crippen molar-refractivity contribution in [2.75, 3.05) is 0 Å². The number of nitrogens with two attached hydrogens (primary N) is 1. The van der Waals surface area contributed by atoms with E-state index in [1.54, 1.807) is 0 Å². The number of thiocarbonyl (C=S) groups is 1. The van der Waals surface area contributed by atoms with Gasteiger partial charge in [0.15, 0.2) is 0 Å². The van der Waals surface area contributed by atoms with Crippen LogP contribution in [0.25, 0.3) is 10.8 Å². The Labute approximate surface area is 136 Å². The highest BCUT2D eigenvalue weighted by atomic mass is 79.9. The normalized spacial score (nSPS) is 10.5. The van der Waals surface area contributed by atoms with E-state index in [-0.39, 0.29) is 0 Å². The fraction of sp³-hybridized carbons (Fsp3) is 0. The molecule has 0 radical (unpaired) electrons. The summed E-state index contributed by atoms with van der Waals surface area (Å²) in [5.41, 5.74) is 6.44. The summed E-state index contributed by atoms with van der Waals surface area (Å²) in [5.74, 6) is 1.54. The van der Waals surface area contributed by atoms with Gasteiger partial charge in [0.1, 0.15) is 16.5 Å². The number of fused-ring (bicyclic) bond motifs is 1. The largest absolute Gasteiger partial charge is 0.456 e. The second-order valence-corrected chi connectivity index (χ2v) is 5.88. The molecule has 4 heteroatoms. The molecule has 21 heavy (non-hydrogen) atoms. The number of rotatable bonds is 3. The van der Waals surface area contributed by atoms with Crippen molar-refractivity contribution in [1.82, 2.24) is 0 Å². The lowest BCUT2D eigenvalue weighted by Gasteiger charge is -2.11. The zero-order chi connectivity index (χ0) is 14.8. The summed E-state index contributed by atoms with van der Waals surface area (Å²) in [4.78, 5) is 0.368. The summed E-state index contributed by atoms with van der Waals surface area (Å²) < 4.78 is 6.85. The molecule has 0 bridgehead atoms. The Morgan fingerprint density at radius 2 is 1.71 bits per heavy atom. The third kappa shape index (κ3) is 2.91. The molecule has 3 rings (SSSR count). The lowest BCUT2D eigenvalue weighted by molar-refractivity contribution is 0.485. The van der Waals surface area contributed by atoms with Crippen molar-refractivity contribution in [3.63, 3.8) is 0 Å². The highest BCUT2D eigenvalue weighted by molar-refractivity contribution is 9.10. The first kappa shape index (κ1) is 14.0. The van der Waals surface area contributed by atoms with Gasteiger partial charge in [0.05, 0.1) is 4.47 Å². The predicted molar refractivity (Wildman–Crippen MR) is 94.1 cm³/mol. The molecule has 0 fully saturated rings. The van der Waals surface area contributed by atoms with Crippen molar-refractivity contribution < 1.29 is 4.74 Å². The molecule has 2 nitrogen and oxygen atoms in total. The summed E-state index contributed by atoms with van der Waals surface area (Å²) in [6.07, 6.45) is 0. The molecule has 0 aliphatic rings. The lowest BCUT2D eigenvalue weighted by Crippen LogP contribution is -2.09. The Morgan fingerprint density at radius 1 is 0.952 bits per heavy atom. The Bertz CT molecular complexity index is 827. The maximum atomic E-state index is 6.03. The fourth-order valence-corrected chi connectivity index (χ4v) is 2.73. The van der Waals surface area contributed by atoms with Gasteiger partial charge < -0.3 is 10.5 Å². The highest BCUT2D eigenvalue weighted by Gasteiger charge is 2.08. The van der Waals surface area contributed by atoms with Crippen molar-refractivity contribution >= 4 is 43.9 Å². The fourth-order valence-electron chi connectivity index (χ4n) is 2.14. The van der Waals surface area contributed by atoms with E-state index >= 15 is 0 Å². The predicted octanol–water partition coefficient (Wildman–Crippen LogP) is 5.03. The maximum absolute atomic E-state index is 6.03. The zero-order valence-electron chi connectivity index (χ0n) is 11.0. The molecule has 0 amide bonds. The van der Waals surface area contributed by atoms with Crippen LogP contribution in [0.15, 0.2) is 65.1 Å². The summed E-state index contributed by atoms with van der Waals surface area (Å²) in [7, 11) is 0. The van der Waals surface area contributed by atoms with Crippen LogP contribution in [0.5, 0.6) is 11.5 Å². The third-order valence-corrected chi connectivity index (χ3v) is 4.04. The van der Waals surface area contributed by atoms with Crippen LogP contribution >= 0.6 is 28.1 Å². The lowest BCUT2D eigenvalue weighted by atomic mass is 10.1. The van der Waals surface area contributed by atoms with Crippen LogP contribution in [-0.2, 0) is 0 Å². The van der Waals surface area contributed by atoms with Crippen molar-refractivity contribution in [2.24, 2.45) is 5.73 Å². The van der Waals surface area contributed by atoms with E-state index in [1.807, 2.05) is 48.5 Å². The van der Waals surface area contributed by atoms with Crippen LogP contribution in [0.4, 0.5) is 0 Å². The Hall–Kier alpha value is -1.91. The number of ether oxygens (including phenoxy) is 1. The molecule has 0 aromatic heterocycles. The van der Waals surface area contributed by atoms with Gasteiger partial charge in [-0.2, -0.15) is 0 Å². The quantitative estimate of drug-likeness (QED) is 0.667. The number of hydrogen-bond donors (Lipinski definition) is 1. The Morgan fingerprint density at radius 3 is 2.48 bits per heavy atom. The molecule has 0 spiro atoms. The molecule has 0 heterocycles. The van der Waals surface area contributed by atoms with Crippen molar-refractivity contribution in [3.8, 4) is 11.5 Å². The van der Waals surface area contributed by atoms with Gasteiger partial charge in [0.2, 0.25) is 0 Å². The number of halogens is 1. The molecule has 104 valence electrons. The van der Waals surface area contributed by atoms with Gasteiger partial charge in [0.25, 0.3) is 0 Å². The molecule has 0 aliphatic carbocycles. The second-order valence-electron chi connectivity index (χ2n) is 4.59. The highest BCUT2D eigenvalue weighted by Crippen LogP contribution is 2.34.